The Morgan fingerprint density at radius 3 is 2.61 bits per heavy atom. The van der Waals surface area contributed by atoms with Gasteiger partial charge in [0.15, 0.2) is 0 Å². The molecule has 0 bridgehead atoms. The van der Waals surface area contributed by atoms with Gasteiger partial charge in [-0.3, -0.25) is 9.69 Å². The van der Waals surface area contributed by atoms with Crippen molar-refractivity contribution in [2.24, 2.45) is 0 Å². The van der Waals surface area contributed by atoms with Crippen LogP contribution in [0.4, 0.5) is 8.78 Å². The average Bonchev–Trinajstić information content (AvgIpc) is 2.71. The number of ether oxygens (including phenoxy) is 1. The minimum atomic E-state index is -0.637. The van der Waals surface area contributed by atoms with E-state index >= 15 is 0 Å². The number of methoxy groups -OCH3 is 1. The van der Waals surface area contributed by atoms with Crippen LogP contribution in [0.15, 0.2) is 16.9 Å². The summed E-state index contributed by atoms with van der Waals surface area (Å²) in [6.07, 6.45) is 6.36. The number of fused-ring (bicyclic) bond motifs is 1. The highest BCUT2D eigenvalue weighted by molar-refractivity contribution is 5.31. The number of nitrogens with one attached hydrogen (secondary N) is 1. The Balaban J connectivity index is 1.53. The zero-order valence-corrected chi connectivity index (χ0v) is 16.1. The van der Waals surface area contributed by atoms with Crippen LogP contribution in [0.2, 0.25) is 0 Å². The molecule has 1 fully saturated rings. The van der Waals surface area contributed by atoms with Crippen molar-refractivity contribution in [1.82, 2.24) is 14.9 Å². The van der Waals surface area contributed by atoms with E-state index in [4.69, 9.17) is 9.72 Å². The smallest absolute Gasteiger partial charge is 0.255 e. The van der Waals surface area contributed by atoms with Gasteiger partial charge in [-0.05, 0) is 12.8 Å². The summed E-state index contributed by atoms with van der Waals surface area (Å²) in [5.74, 6) is 0.0275. The van der Waals surface area contributed by atoms with E-state index in [0.29, 0.717) is 31.0 Å². The van der Waals surface area contributed by atoms with Crippen LogP contribution >= 0.6 is 0 Å². The fraction of sp³-hybridized carbons (Fsp3) is 0.524. The minimum Gasteiger partial charge on any atom is -0.497 e. The lowest BCUT2D eigenvalue weighted by molar-refractivity contribution is 0.233. The predicted molar refractivity (Wildman–Crippen MR) is 101 cm³/mol. The van der Waals surface area contributed by atoms with Gasteiger partial charge >= 0.3 is 0 Å². The molecule has 28 heavy (non-hydrogen) atoms. The molecular formula is C21H25F2N3O2. The number of rotatable bonds is 4. The zero-order chi connectivity index (χ0) is 19.7. The molecule has 1 aliphatic heterocycles. The van der Waals surface area contributed by atoms with E-state index in [1.165, 1.54) is 38.5 Å². The van der Waals surface area contributed by atoms with Crippen molar-refractivity contribution in [3.8, 4) is 5.75 Å². The topological polar surface area (TPSA) is 58.2 Å². The Hall–Kier alpha value is -2.28. The molecule has 0 unspecified atom stereocenters. The number of aromatic amines is 1. The first-order valence-corrected chi connectivity index (χ1v) is 9.91. The summed E-state index contributed by atoms with van der Waals surface area (Å²) in [6, 6.07) is 2.36. The van der Waals surface area contributed by atoms with E-state index in [0.717, 1.165) is 24.4 Å². The highest BCUT2D eigenvalue weighted by Crippen LogP contribution is 2.31. The van der Waals surface area contributed by atoms with Crippen molar-refractivity contribution in [2.45, 2.75) is 57.5 Å². The van der Waals surface area contributed by atoms with Gasteiger partial charge in [-0.2, -0.15) is 0 Å². The second-order valence-corrected chi connectivity index (χ2v) is 7.74. The van der Waals surface area contributed by atoms with Gasteiger partial charge in [0.05, 0.1) is 18.4 Å². The summed E-state index contributed by atoms with van der Waals surface area (Å²) in [7, 11) is 1.37. The molecule has 1 aromatic carbocycles. The highest BCUT2D eigenvalue weighted by Gasteiger charge is 2.25. The van der Waals surface area contributed by atoms with Crippen molar-refractivity contribution >= 4 is 0 Å². The summed E-state index contributed by atoms with van der Waals surface area (Å²) >= 11 is 0. The Bertz CT molecular complexity index is 899. The summed E-state index contributed by atoms with van der Waals surface area (Å²) in [6.45, 7) is 1.05. The fourth-order valence-corrected chi connectivity index (χ4v) is 4.28. The van der Waals surface area contributed by atoms with Gasteiger partial charge in [-0.1, -0.05) is 19.3 Å². The van der Waals surface area contributed by atoms with Gasteiger partial charge < -0.3 is 9.72 Å². The summed E-state index contributed by atoms with van der Waals surface area (Å²) < 4.78 is 33.4. The maximum atomic E-state index is 14.3. The van der Waals surface area contributed by atoms with Gasteiger partial charge in [0.25, 0.3) is 5.56 Å². The predicted octanol–water partition coefficient (Wildman–Crippen LogP) is 3.66. The monoisotopic (exact) mass is 389 g/mol. The molecule has 7 heteroatoms. The standard InChI is InChI=1S/C21H25F2N3O2/c1-28-14-9-17(22)15(18(23)10-14)11-26-8-7-19-16(12-26)21(27)25-20(24-19)13-5-3-2-4-6-13/h9-10,13H,2-8,11-12H2,1H3,(H,24,25,27). The SMILES string of the molecule is COc1cc(F)c(CN2CCc3nc(C4CCCCC4)[nH]c(=O)c3C2)c(F)c1. The molecule has 1 N–H and O–H groups in total. The van der Waals surface area contributed by atoms with Gasteiger partial charge in [0.2, 0.25) is 0 Å². The van der Waals surface area contributed by atoms with Crippen LogP contribution in [0.25, 0.3) is 0 Å². The van der Waals surface area contributed by atoms with E-state index in [9.17, 15) is 13.6 Å². The molecule has 0 amide bonds. The third-order valence-corrected chi connectivity index (χ3v) is 5.89. The van der Waals surface area contributed by atoms with Crippen LogP contribution in [0, 0.1) is 11.6 Å². The average molecular weight is 389 g/mol. The molecule has 2 aromatic rings. The number of aromatic nitrogens is 2. The normalized spacial score (nSPS) is 18.1. The Kier molecular flexibility index (Phi) is 5.44. The lowest BCUT2D eigenvalue weighted by Gasteiger charge is -2.29. The van der Waals surface area contributed by atoms with E-state index in [1.807, 2.05) is 4.90 Å². The second kappa shape index (κ2) is 7.99. The molecule has 2 heterocycles. The van der Waals surface area contributed by atoms with Crippen molar-refractivity contribution in [2.75, 3.05) is 13.7 Å². The number of H-pyrrole nitrogens is 1. The van der Waals surface area contributed by atoms with Crippen molar-refractivity contribution in [3.05, 3.63) is 56.8 Å². The molecule has 0 radical (unpaired) electrons. The Morgan fingerprint density at radius 2 is 1.93 bits per heavy atom. The van der Waals surface area contributed by atoms with Crippen molar-refractivity contribution < 1.29 is 13.5 Å². The largest absolute Gasteiger partial charge is 0.497 e. The van der Waals surface area contributed by atoms with E-state index in [-0.39, 0.29) is 23.4 Å². The maximum absolute atomic E-state index is 14.3. The number of hydrogen-bond acceptors (Lipinski definition) is 4. The molecule has 0 spiro atoms. The summed E-state index contributed by atoms with van der Waals surface area (Å²) in [5.41, 5.74) is 1.31. The van der Waals surface area contributed by atoms with Crippen LogP contribution in [0.3, 0.4) is 0 Å². The first kappa shape index (κ1) is 19.1. The van der Waals surface area contributed by atoms with Gasteiger partial charge in [0, 0.05) is 49.7 Å². The van der Waals surface area contributed by atoms with E-state index < -0.39 is 11.6 Å². The van der Waals surface area contributed by atoms with E-state index in [2.05, 4.69) is 4.98 Å². The lowest BCUT2D eigenvalue weighted by Crippen LogP contribution is -2.36. The molecule has 4 rings (SSSR count). The Labute approximate surface area is 162 Å². The quantitative estimate of drug-likeness (QED) is 0.867. The van der Waals surface area contributed by atoms with Gasteiger partial charge in [-0.25, -0.2) is 13.8 Å². The van der Waals surface area contributed by atoms with Crippen LogP contribution in [-0.4, -0.2) is 28.5 Å². The highest BCUT2D eigenvalue weighted by atomic mass is 19.1. The van der Waals surface area contributed by atoms with Crippen LogP contribution in [0.5, 0.6) is 5.75 Å². The van der Waals surface area contributed by atoms with Crippen LogP contribution in [-0.2, 0) is 19.5 Å². The molecule has 1 aliphatic carbocycles. The van der Waals surface area contributed by atoms with Gasteiger partial charge in [0.1, 0.15) is 23.2 Å². The molecule has 1 saturated carbocycles. The number of hydrogen-bond donors (Lipinski definition) is 1. The molecular weight excluding hydrogens is 364 g/mol. The van der Waals surface area contributed by atoms with Crippen LogP contribution < -0.4 is 10.3 Å². The number of halogens is 2. The number of nitrogens with zero attached hydrogens (tertiary/aromatic N) is 2. The summed E-state index contributed by atoms with van der Waals surface area (Å²) in [4.78, 5) is 22.3. The molecule has 150 valence electrons. The molecule has 0 atom stereocenters. The zero-order valence-electron chi connectivity index (χ0n) is 16.1. The fourth-order valence-electron chi connectivity index (χ4n) is 4.28. The first-order chi connectivity index (χ1) is 13.5. The second-order valence-electron chi connectivity index (χ2n) is 7.74. The van der Waals surface area contributed by atoms with Crippen LogP contribution in [0.1, 0.15) is 60.7 Å². The Morgan fingerprint density at radius 1 is 1.21 bits per heavy atom. The minimum absolute atomic E-state index is 0.00698. The molecule has 2 aliphatic rings. The maximum Gasteiger partial charge on any atom is 0.255 e. The first-order valence-electron chi connectivity index (χ1n) is 9.91. The van der Waals surface area contributed by atoms with E-state index in [1.54, 1.807) is 0 Å². The van der Waals surface area contributed by atoms with Gasteiger partial charge in [-0.15, -0.1) is 0 Å². The van der Waals surface area contributed by atoms with Crippen molar-refractivity contribution in [1.29, 1.82) is 0 Å². The third-order valence-electron chi connectivity index (χ3n) is 5.89. The number of benzene rings is 1. The molecule has 1 aromatic heterocycles. The third kappa shape index (κ3) is 3.81. The molecule has 0 saturated heterocycles. The summed E-state index contributed by atoms with van der Waals surface area (Å²) in [5, 5.41) is 0. The van der Waals surface area contributed by atoms with Crippen molar-refractivity contribution in [3.63, 3.8) is 0 Å². The lowest BCUT2D eigenvalue weighted by atomic mass is 9.88. The molecule has 5 nitrogen and oxygen atoms in total.